The van der Waals surface area contributed by atoms with Gasteiger partial charge in [-0.3, -0.25) is 0 Å². The molecule has 0 aromatic heterocycles. The Morgan fingerprint density at radius 1 is 1.44 bits per heavy atom. The molecule has 0 amide bonds. The van der Waals surface area contributed by atoms with E-state index in [4.69, 9.17) is 11.6 Å². The SMILES string of the molecule is O=S(=O)(N[C@@H]1CCCNC1)c1ccc(F)cc1Cl. The minimum atomic E-state index is -3.70. The van der Waals surface area contributed by atoms with Gasteiger partial charge in [-0.05, 0) is 37.6 Å². The lowest BCUT2D eigenvalue weighted by atomic mass is 10.1. The molecule has 1 heterocycles. The molecule has 1 atom stereocenters. The summed E-state index contributed by atoms with van der Waals surface area (Å²) in [7, 11) is -3.70. The first-order valence-corrected chi connectivity index (χ1v) is 7.53. The van der Waals surface area contributed by atoms with Crippen molar-refractivity contribution in [1.29, 1.82) is 0 Å². The molecule has 18 heavy (non-hydrogen) atoms. The van der Waals surface area contributed by atoms with Gasteiger partial charge in [0, 0.05) is 12.6 Å². The monoisotopic (exact) mass is 292 g/mol. The highest BCUT2D eigenvalue weighted by Gasteiger charge is 2.23. The van der Waals surface area contributed by atoms with Gasteiger partial charge >= 0.3 is 0 Å². The first-order chi connectivity index (χ1) is 8.49. The van der Waals surface area contributed by atoms with E-state index in [1.165, 1.54) is 6.07 Å². The Hall–Kier alpha value is -0.690. The number of sulfonamides is 1. The average Bonchev–Trinajstić information content (AvgIpc) is 2.29. The lowest BCUT2D eigenvalue weighted by Crippen LogP contribution is -2.45. The summed E-state index contributed by atoms with van der Waals surface area (Å²) in [5.74, 6) is -0.557. The Balaban J connectivity index is 2.19. The van der Waals surface area contributed by atoms with E-state index in [0.29, 0.717) is 6.54 Å². The molecule has 1 fully saturated rings. The third-order valence-corrected chi connectivity index (χ3v) is 4.81. The zero-order valence-electron chi connectivity index (χ0n) is 9.62. The van der Waals surface area contributed by atoms with Crippen molar-refractivity contribution in [1.82, 2.24) is 10.0 Å². The van der Waals surface area contributed by atoms with Gasteiger partial charge in [0.1, 0.15) is 10.7 Å². The second kappa shape index (κ2) is 5.52. The molecule has 0 unspecified atom stereocenters. The number of hydrogen-bond donors (Lipinski definition) is 2. The molecule has 0 spiro atoms. The van der Waals surface area contributed by atoms with Crippen molar-refractivity contribution < 1.29 is 12.8 Å². The Labute approximate surface area is 111 Å². The van der Waals surface area contributed by atoms with E-state index < -0.39 is 15.8 Å². The van der Waals surface area contributed by atoms with Gasteiger partial charge in [0.25, 0.3) is 0 Å². The topological polar surface area (TPSA) is 58.2 Å². The van der Waals surface area contributed by atoms with Crippen LogP contribution < -0.4 is 10.0 Å². The maximum atomic E-state index is 12.9. The van der Waals surface area contributed by atoms with E-state index in [-0.39, 0.29) is 16.0 Å². The molecule has 1 aromatic carbocycles. The molecule has 1 aromatic rings. The van der Waals surface area contributed by atoms with Gasteiger partial charge in [0.05, 0.1) is 5.02 Å². The predicted molar refractivity (Wildman–Crippen MR) is 67.6 cm³/mol. The Kier molecular flexibility index (Phi) is 4.21. The van der Waals surface area contributed by atoms with E-state index in [0.717, 1.165) is 31.5 Å². The molecule has 0 saturated carbocycles. The van der Waals surface area contributed by atoms with E-state index in [2.05, 4.69) is 10.0 Å². The Morgan fingerprint density at radius 3 is 2.83 bits per heavy atom. The average molecular weight is 293 g/mol. The molecule has 1 aliphatic heterocycles. The zero-order chi connectivity index (χ0) is 13.2. The molecule has 0 bridgehead atoms. The van der Waals surface area contributed by atoms with Crippen LogP contribution in [-0.2, 0) is 10.0 Å². The van der Waals surface area contributed by atoms with Gasteiger partial charge in [-0.25, -0.2) is 17.5 Å². The highest BCUT2D eigenvalue weighted by atomic mass is 35.5. The molecule has 0 radical (unpaired) electrons. The van der Waals surface area contributed by atoms with Crippen LogP contribution >= 0.6 is 11.6 Å². The second-order valence-electron chi connectivity index (χ2n) is 4.24. The first kappa shape index (κ1) is 13.7. The van der Waals surface area contributed by atoms with E-state index in [9.17, 15) is 12.8 Å². The number of piperidine rings is 1. The smallest absolute Gasteiger partial charge is 0.242 e. The summed E-state index contributed by atoms with van der Waals surface area (Å²) in [6, 6.07) is 3.11. The fourth-order valence-corrected chi connectivity index (χ4v) is 3.73. The number of halogens is 2. The van der Waals surface area contributed by atoms with Crippen LogP contribution in [0, 0.1) is 5.82 Å². The standard InChI is InChI=1S/C11H14ClFN2O2S/c12-10-6-8(13)3-4-11(10)18(16,17)15-9-2-1-5-14-7-9/h3-4,6,9,14-15H,1-2,5,7H2/t9-/m1/s1. The van der Waals surface area contributed by atoms with Crippen LogP contribution in [0.4, 0.5) is 4.39 Å². The zero-order valence-corrected chi connectivity index (χ0v) is 11.2. The van der Waals surface area contributed by atoms with Crippen LogP contribution in [0.1, 0.15) is 12.8 Å². The third kappa shape index (κ3) is 3.20. The first-order valence-electron chi connectivity index (χ1n) is 5.67. The molecule has 1 saturated heterocycles. The summed E-state index contributed by atoms with van der Waals surface area (Å²) in [6.07, 6.45) is 1.70. The summed E-state index contributed by atoms with van der Waals surface area (Å²) < 4.78 is 39.6. The Morgan fingerprint density at radius 2 is 2.22 bits per heavy atom. The number of rotatable bonds is 3. The molecule has 7 heteroatoms. The normalized spacial score (nSPS) is 20.9. The van der Waals surface area contributed by atoms with Crippen molar-refractivity contribution in [2.45, 2.75) is 23.8 Å². The highest BCUT2D eigenvalue weighted by Crippen LogP contribution is 2.22. The predicted octanol–water partition coefficient (Wildman–Crippen LogP) is 1.51. The fraction of sp³-hybridized carbons (Fsp3) is 0.455. The molecule has 0 aliphatic carbocycles. The van der Waals surface area contributed by atoms with E-state index >= 15 is 0 Å². The van der Waals surface area contributed by atoms with Crippen molar-refractivity contribution in [2.75, 3.05) is 13.1 Å². The van der Waals surface area contributed by atoms with Crippen LogP contribution in [0.5, 0.6) is 0 Å². The van der Waals surface area contributed by atoms with Crippen LogP contribution in [0.3, 0.4) is 0 Å². The fourth-order valence-electron chi connectivity index (χ4n) is 1.93. The molecule has 1 aliphatic rings. The van der Waals surface area contributed by atoms with Crippen LogP contribution in [-0.4, -0.2) is 27.5 Å². The van der Waals surface area contributed by atoms with E-state index in [1.807, 2.05) is 0 Å². The molecule has 100 valence electrons. The van der Waals surface area contributed by atoms with Gasteiger partial charge in [-0.15, -0.1) is 0 Å². The lowest BCUT2D eigenvalue weighted by Gasteiger charge is -2.23. The maximum Gasteiger partial charge on any atom is 0.242 e. The van der Waals surface area contributed by atoms with E-state index in [1.54, 1.807) is 0 Å². The van der Waals surface area contributed by atoms with Crippen molar-refractivity contribution in [3.63, 3.8) is 0 Å². The van der Waals surface area contributed by atoms with Crippen molar-refractivity contribution in [3.05, 3.63) is 29.0 Å². The number of hydrogen-bond acceptors (Lipinski definition) is 3. The minimum absolute atomic E-state index is 0.0869. The summed E-state index contributed by atoms with van der Waals surface area (Å²) >= 11 is 5.76. The van der Waals surface area contributed by atoms with Gasteiger partial charge < -0.3 is 5.32 Å². The molecule has 4 nitrogen and oxygen atoms in total. The summed E-state index contributed by atoms with van der Waals surface area (Å²) in [5.41, 5.74) is 0. The second-order valence-corrected chi connectivity index (χ2v) is 6.33. The largest absolute Gasteiger partial charge is 0.315 e. The summed E-state index contributed by atoms with van der Waals surface area (Å²) in [5, 5.41) is 3.01. The number of benzene rings is 1. The molecule has 2 rings (SSSR count). The number of nitrogens with one attached hydrogen (secondary N) is 2. The molecular formula is C11H14ClFN2O2S. The van der Waals surface area contributed by atoms with Gasteiger partial charge in [0.15, 0.2) is 0 Å². The molecule has 2 N–H and O–H groups in total. The van der Waals surface area contributed by atoms with Crippen molar-refractivity contribution >= 4 is 21.6 Å². The van der Waals surface area contributed by atoms with Crippen LogP contribution in [0.15, 0.2) is 23.1 Å². The highest BCUT2D eigenvalue weighted by molar-refractivity contribution is 7.89. The van der Waals surface area contributed by atoms with Crippen LogP contribution in [0.25, 0.3) is 0 Å². The summed E-state index contributed by atoms with van der Waals surface area (Å²) in [4.78, 5) is -0.0869. The molecular weight excluding hydrogens is 279 g/mol. The third-order valence-electron chi connectivity index (χ3n) is 2.80. The quantitative estimate of drug-likeness (QED) is 0.888. The van der Waals surface area contributed by atoms with Crippen LogP contribution in [0.2, 0.25) is 5.02 Å². The van der Waals surface area contributed by atoms with Crippen molar-refractivity contribution in [2.24, 2.45) is 0 Å². The van der Waals surface area contributed by atoms with Gasteiger partial charge in [0.2, 0.25) is 10.0 Å². The maximum absolute atomic E-state index is 12.9. The minimum Gasteiger partial charge on any atom is -0.315 e. The van der Waals surface area contributed by atoms with Crippen molar-refractivity contribution in [3.8, 4) is 0 Å². The Bertz CT molecular complexity index is 530. The van der Waals surface area contributed by atoms with Gasteiger partial charge in [-0.1, -0.05) is 11.6 Å². The lowest BCUT2D eigenvalue weighted by molar-refractivity contribution is 0.428. The van der Waals surface area contributed by atoms with Gasteiger partial charge in [-0.2, -0.15) is 0 Å². The summed E-state index contributed by atoms with van der Waals surface area (Å²) in [6.45, 7) is 1.49.